The summed E-state index contributed by atoms with van der Waals surface area (Å²) >= 11 is 0. The van der Waals surface area contributed by atoms with Crippen molar-refractivity contribution in [1.82, 2.24) is 14.9 Å². The Bertz CT molecular complexity index is 1400. The van der Waals surface area contributed by atoms with Crippen molar-refractivity contribution >= 4 is 39.1 Å². The summed E-state index contributed by atoms with van der Waals surface area (Å²) < 4.78 is 43.7. The Balaban J connectivity index is 1.61. The number of halogens is 3. The topological polar surface area (TPSA) is 70.6 Å². The Morgan fingerprint density at radius 3 is 2.43 bits per heavy atom. The monoisotopic (exact) mass is 511 g/mol. The van der Waals surface area contributed by atoms with Gasteiger partial charge in [-0.05, 0) is 74.1 Å². The van der Waals surface area contributed by atoms with Crippen LogP contribution in [0.5, 0.6) is 5.75 Å². The van der Waals surface area contributed by atoms with Crippen LogP contribution in [-0.2, 0) is 11.3 Å². The molecule has 0 atom stereocenters. The zero-order valence-electron chi connectivity index (χ0n) is 20.8. The number of ether oxygens (including phenoxy) is 1. The van der Waals surface area contributed by atoms with E-state index in [1.807, 2.05) is 36.6 Å². The van der Waals surface area contributed by atoms with Crippen LogP contribution in [0.1, 0.15) is 12.0 Å². The fourth-order valence-electron chi connectivity index (χ4n) is 4.29. The summed E-state index contributed by atoms with van der Waals surface area (Å²) in [7, 11) is 5.64. The van der Waals surface area contributed by atoms with Gasteiger partial charge in [0.15, 0.2) is 0 Å². The van der Waals surface area contributed by atoms with Crippen LogP contribution in [0.4, 0.5) is 24.5 Å². The second-order valence-electron chi connectivity index (χ2n) is 8.90. The van der Waals surface area contributed by atoms with Gasteiger partial charge in [0.1, 0.15) is 5.75 Å². The molecule has 0 spiro atoms. The number of hydrogen-bond acceptors (Lipinski definition) is 6. The minimum Gasteiger partial charge on any atom is -0.497 e. The van der Waals surface area contributed by atoms with Crippen LogP contribution in [-0.4, -0.2) is 61.2 Å². The first-order valence-electron chi connectivity index (χ1n) is 11.7. The lowest BCUT2D eigenvalue weighted by molar-refractivity contribution is -0.167. The smallest absolute Gasteiger partial charge is 0.471 e. The van der Waals surface area contributed by atoms with E-state index < -0.39 is 12.1 Å². The van der Waals surface area contributed by atoms with Gasteiger partial charge in [-0.3, -0.25) is 9.78 Å². The van der Waals surface area contributed by atoms with E-state index in [9.17, 15) is 18.0 Å². The van der Waals surface area contributed by atoms with Gasteiger partial charge >= 0.3 is 12.1 Å². The molecule has 0 bridgehead atoms. The predicted molar refractivity (Wildman–Crippen MR) is 139 cm³/mol. The van der Waals surface area contributed by atoms with Gasteiger partial charge in [0.2, 0.25) is 0 Å². The van der Waals surface area contributed by atoms with E-state index in [0.717, 1.165) is 42.5 Å². The predicted octanol–water partition coefficient (Wildman–Crippen LogP) is 5.25. The maximum absolute atomic E-state index is 12.7. The van der Waals surface area contributed by atoms with Crippen molar-refractivity contribution < 1.29 is 22.7 Å². The number of carbonyl (C=O) groups is 1. The lowest BCUT2D eigenvalue weighted by atomic mass is 10.1. The third-order valence-corrected chi connectivity index (χ3v) is 6.08. The van der Waals surface area contributed by atoms with Crippen molar-refractivity contribution in [2.45, 2.75) is 19.1 Å². The first-order chi connectivity index (χ1) is 17.7. The van der Waals surface area contributed by atoms with Crippen molar-refractivity contribution in [3.05, 3.63) is 66.5 Å². The molecule has 0 aliphatic heterocycles. The van der Waals surface area contributed by atoms with Gasteiger partial charge in [-0.1, -0.05) is 0 Å². The Morgan fingerprint density at radius 2 is 1.73 bits per heavy atom. The average Bonchev–Trinajstić information content (AvgIpc) is 2.86. The fourth-order valence-corrected chi connectivity index (χ4v) is 4.29. The number of anilines is 2. The Labute approximate surface area is 212 Å². The molecule has 0 aliphatic carbocycles. The van der Waals surface area contributed by atoms with Crippen LogP contribution in [0.25, 0.3) is 21.8 Å². The molecule has 1 amide bonds. The van der Waals surface area contributed by atoms with Crippen molar-refractivity contribution in [3.63, 3.8) is 0 Å². The summed E-state index contributed by atoms with van der Waals surface area (Å²) in [5, 5.41) is 3.54. The molecule has 194 valence electrons. The molecule has 10 heteroatoms. The highest BCUT2D eigenvalue weighted by molar-refractivity contribution is 6.09. The number of pyridine rings is 2. The van der Waals surface area contributed by atoms with Crippen LogP contribution in [0.3, 0.4) is 0 Å². The fraction of sp³-hybridized carbons (Fsp3) is 0.296. The number of nitrogens with zero attached hydrogens (tertiary/aromatic N) is 4. The highest BCUT2D eigenvalue weighted by Gasteiger charge is 2.38. The number of hydrogen-bond donors (Lipinski definition) is 1. The number of nitrogens with one attached hydrogen (secondary N) is 1. The van der Waals surface area contributed by atoms with Gasteiger partial charge in [0, 0.05) is 49.0 Å². The first-order valence-corrected chi connectivity index (χ1v) is 11.7. The van der Waals surface area contributed by atoms with Crippen LogP contribution < -0.4 is 15.0 Å². The van der Waals surface area contributed by atoms with E-state index in [2.05, 4.69) is 26.8 Å². The minimum atomic E-state index is -4.97. The van der Waals surface area contributed by atoms with E-state index in [1.54, 1.807) is 31.6 Å². The number of aromatic nitrogens is 2. The third kappa shape index (κ3) is 6.26. The van der Waals surface area contributed by atoms with Crippen LogP contribution in [0.2, 0.25) is 0 Å². The van der Waals surface area contributed by atoms with Crippen LogP contribution >= 0.6 is 0 Å². The molecule has 0 unspecified atom stereocenters. The summed E-state index contributed by atoms with van der Waals surface area (Å²) in [4.78, 5) is 24.5. The summed E-state index contributed by atoms with van der Waals surface area (Å²) in [6.07, 6.45) is -0.527. The SMILES string of the molecule is COc1ccc2nc3cc(NC(=O)C(F)(F)F)ccc3c(N(C)CCCN(C)Cc3ccncc3)c2c1. The Kier molecular flexibility index (Phi) is 7.77. The first kappa shape index (κ1) is 26.2. The van der Waals surface area contributed by atoms with Crippen molar-refractivity contribution in [2.24, 2.45) is 0 Å². The number of alkyl halides is 3. The quantitative estimate of drug-likeness (QED) is 0.310. The second kappa shape index (κ2) is 11.0. The normalized spacial score (nSPS) is 11.8. The number of rotatable bonds is 9. The van der Waals surface area contributed by atoms with Gasteiger partial charge in [-0.25, -0.2) is 4.98 Å². The number of benzene rings is 2. The summed E-state index contributed by atoms with van der Waals surface area (Å²) in [5.41, 5.74) is 3.27. The van der Waals surface area contributed by atoms with E-state index >= 15 is 0 Å². The summed E-state index contributed by atoms with van der Waals surface area (Å²) in [6.45, 7) is 2.42. The molecule has 37 heavy (non-hydrogen) atoms. The van der Waals surface area contributed by atoms with Gasteiger partial charge in [0.05, 0.1) is 23.8 Å². The standard InChI is InChI=1S/C27H28F3N5O2/c1-34(17-18-9-11-31-12-10-18)13-4-14-35(2)25-21-7-5-19(32-26(36)27(28,29)30)15-24(21)33-23-8-6-20(37-3)16-22(23)25/h5-12,15-16H,4,13-14,17H2,1-3H3,(H,32,36). The molecule has 2 aromatic heterocycles. The van der Waals surface area contributed by atoms with Crippen molar-refractivity contribution in [1.29, 1.82) is 0 Å². The summed E-state index contributed by atoms with van der Waals surface area (Å²) in [5.74, 6) is -1.35. The van der Waals surface area contributed by atoms with Crippen LogP contribution in [0.15, 0.2) is 60.9 Å². The largest absolute Gasteiger partial charge is 0.497 e. The lowest BCUT2D eigenvalue weighted by Crippen LogP contribution is -2.29. The molecule has 0 saturated carbocycles. The zero-order chi connectivity index (χ0) is 26.6. The molecular weight excluding hydrogens is 483 g/mol. The van der Waals surface area contributed by atoms with Gasteiger partial charge in [-0.2, -0.15) is 13.2 Å². The van der Waals surface area contributed by atoms with E-state index in [0.29, 0.717) is 16.8 Å². The molecule has 0 saturated heterocycles. The second-order valence-corrected chi connectivity index (χ2v) is 8.90. The zero-order valence-corrected chi connectivity index (χ0v) is 20.8. The molecule has 0 fully saturated rings. The van der Waals surface area contributed by atoms with E-state index in [-0.39, 0.29) is 5.69 Å². The molecule has 0 aliphatic rings. The highest BCUT2D eigenvalue weighted by atomic mass is 19.4. The number of amides is 1. The molecule has 4 aromatic rings. The molecule has 7 nitrogen and oxygen atoms in total. The van der Waals surface area contributed by atoms with E-state index in [1.165, 1.54) is 17.7 Å². The van der Waals surface area contributed by atoms with Crippen molar-refractivity contribution in [2.75, 3.05) is 44.5 Å². The molecule has 0 radical (unpaired) electrons. The Morgan fingerprint density at radius 1 is 0.973 bits per heavy atom. The summed E-state index contributed by atoms with van der Waals surface area (Å²) in [6, 6.07) is 14.1. The lowest BCUT2D eigenvalue weighted by Gasteiger charge is -2.25. The maximum Gasteiger partial charge on any atom is 0.471 e. The van der Waals surface area contributed by atoms with Gasteiger partial charge in [-0.15, -0.1) is 0 Å². The number of fused-ring (bicyclic) bond motifs is 2. The molecule has 2 heterocycles. The average molecular weight is 512 g/mol. The van der Waals surface area contributed by atoms with Crippen molar-refractivity contribution in [3.8, 4) is 5.75 Å². The third-order valence-electron chi connectivity index (χ3n) is 6.08. The van der Waals surface area contributed by atoms with Gasteiger partial charge < -0.3 is 19.9 Å². The number of methoxy groups -OCH3 is 1. The molecule has 1 N–H and O–H groups in total. The number of carbonyl (C=O) groups excluding carboxylic acids is 1. The van der Waals surface area contributed by atoms with Crippen LogP contribution in [0, 0.1) is 0 Å². The Hall–Kier alpha value is -3.92. The molecule has 2 aromatic carbocycles. The highest BCUT2D eigenvalue weighted by Crippen LogP contribution is 2.36. The minimum absolute atomic E-state index is 0.0292. The van der Waals surface area contributed by atoms with Gasteiger partial charge in [0.25, 0.3) is 0 Å². The molecular formula is C27H28F3N5O2. The molecule has 4 rings (SSSR count). The maximum atomic E-state index is 12.7. The van der Waals surface area contributed by atoms with E-state index in [4.69, 9.17) is 4.74 Å².